The number of amides is 1. The first-order chi connectivity index (χ1) is 13.2. The van der Waals surface area contributed by atoms with E-state index in [0.29, 0.717) is 17.8 Å². The summed E-state index contributed by atoms with van der Waals surface area (Å²) in [7, 11) is 0. The second kappa shape index (κ2) is 8.05. The van der Waals surface area contributed by atoms with Crippen molar-refractivity contribution in [1.29, 1.82) is 0 Å². The third kappa shape index (κ3) is 3.95. The molecule has 0 spiro atoms. The molecule has 27 heavy (non-hydrogen) atoms. The Morgan fingerprint density at radius 1 is 1.22 bits per heavy atom. The molecule has 1 amide bonds. The number of nitrogens with zero attached hydrogens (tertiary/aromatic N) is 2. The van der Waals surface area contributed by atoms with Gasteiger partial charge >= 0.3 is 0 Å². The smallest absolute Gasteiger partial charge is 0.262 e. The Kier molecular flexibility index (Phi) is 5.34. The highest BCUT2D eigenvalue weighted by Crippen LogP contribution is 2.35. The summed E-state index contributed by atoms with van der Waals surface area (Å²) < 4.78 is 1.53. The number of rotatable bonds is 6. The fourth-order valence-corrected chi connectivity index (χ4v) is 4.67. The number of benzene rings is 1. The quantitative estimate of drug-likeness (QED) is 0.704. The van der Waals surface area contributed by atoms with Crippen LogP contribution in [0.25, 0.3) is 10.2 Å². The zero-order valence-corrected chi connectivity index (χ0v) is 16.0. The van der Waals surface area contributed by atoms with Crippen LogP contribution in [0.1, 0.15) is 43.7 Å². The van der Waals surface area contributed by atoms with Crippen LogP contribution in [0.15, 0.2) is 52.9 Å². The van der Waals surface area contributed by atoms with Crippen LogP contribution in [0.4, 0.5) is 0 Å². The molecule has 0 radical (unpaired) electrons. The highest BCUT2D eigenvalue weighted by molar-refractivity contribution is 7.16. The number of hydrogen-bond donors (Lipinski definition) is 1. The summed E-state index contributed by atoms with van der Waals surface area (Å²) in [6, 6.07) is 12.0. The van der Waals surface area contributed by atoms with E-state index < -0.39 is 0 Å². The highest BCUT2D eigenvalue weighted by atomic mass is 32.1. The third-order valence-electron chi connectivity index (χ3n) is 5.38. The van der Waals surface area contributed by atoms with Crippen molar-refractivity contribution in [3.05, 3.63) is 64.0 Å². The molecule has 0 saturated heterocycles. The van der Waals surface area contributed by atoms with Crippen LogP contribution in [0.2, 0.25) is 0 Å². The summed E-state index contributed by atoms with van der Waals surface area (Å²) >= 11 is 1.45. The maximum absolute atomic E-state index is 12.6. The van der Waals surface area contributed by atoms with Gasteiger partial charge in [-0.2, -0.15) is 0 Å². The predicted molar refractivity (Wildman–Crippen MR) is 108 cm³/mol. The Hall–Kier alpha value is -2.47. The molecule has 140 valence electrons. The molecule has 0 bridgehead atoms. The zero-order chi connectivity index (χ0) is 18.6. The van der Waals surface area contributed by atoms with E-state index in [1.54, 1.807) is 12.4 Å². The molecule has 0 aliphatic heterocycles. The van der Waals surface area contributed by atoms with Gasteiger partial charge in [0.15, 0.2) is 0 Å². The van der Waals surface area contributed by atoms with E-state index in [0.717, 1.165) is 23.2 Å². The SMILES string of the molecule is O=C(CCn1cnc2sccc2c1=O)NC(c1ccccc1)C1CCCC1. The van der Waals surface area contributed by atoms with Crippen LogP contribution in [0, 0.1) is 5.92 Å². The average Bonchev–Trinajstić information content (AvgIpc) is 3.38. The van der Waals surface area contributed by atoms with Gasteiger partial charge in [0.25, 0.3) is 5.56 Å². The van der Waals surface area contributed by atoms with Gasteiger partial charge in [-0.25, -0.2) is 4.98 Å². The van der Waals surface area contributed by atoms with E-state index in [1.807, 2.05) is 23.6 Å². The first-order valence-electron chi connectivity index (χ1n) is 9.49. The fourth-order valence-electron chi connectivity index (χ4n) is 3.94. The van der Waals surface area contributed by atoms with E-state index in [2.05, 4.69) is 22.4 Å². The molecular weight excluding hydrogens is 358 g/mol. The second-order valence-corrected chi connectivity index (χ2v) is 8.03. The van der Waals surface area contributed by atoms with Crippen molar-refractivity contribution in [2.45, 2.75) is 44.7 Å². The molecule has 1 saturated carbocycles. The van der Waals surface area contributed by atoms with Gasteiger partial charge in [0.2, 0.25) is 5.91 Å². The van der Waals surface area contributed by atoms with Crippen molar-refractivity contribution in [1.82, 2.24) is 14.9 Å². The largest absolute Gasteiger partial charge is 0.349 e. The maximum Gasteiger partial charge on any atom is 0.262 e. The van der Waals surface area contributed by atoms with Gasteiger partial charge in [-0.05, 0) is 35.8 Å². The van der Waals surface area contributed by atoms with Crippen LogP contribution in [-0.4, -0.2) is 15.5 Å². The third-order valence-corrected chi connectivity index (χ3v) is 6.20. The Morgan fingerprint density at radius 3 is 2.78 bits per heavy atom. The second-order valence-electron chi connectivity index (χ2n) is 7.13. The number of nitrogens with one attached hydrogen (secondary N) is 1. The van der Waals surface area contributed by atoms with Crippen LogP contribution in [-0.2, 0) is 11.3 Å². The van der Waals surface area contributed by atoms with Crippen molar-refractivity contribution in [2.24, 2.45) is 5.92 Å². The first kappa shape index (κ1) is 17.9. The molecule has 2 aromatic heterocycles. The summed E-state index contributed by atoms with van der Waals surface area (Å²) in [6.45, 7) is 0.343. The van der Waals surface area contributed by atoms with Crippen molar-refractivity contribution in [3.63, 3.8) is 0 Å². The molecule has 1 aliphatic rings. The van der Waals surface area contributed by atoms with E-state index in [9.17, 15) is 9.59 Å². The number of carbonyl (C=O) groups is 1. The van der Waals surface area contributed by atoms with E-state index in [-0.39, 0.29) is 23.9 Å². The minimum Gasteiger partial charge on any atom is -0.349 e. The number of aryl methyl sites for hydroxylation is 1. The zero-order valence-electron chi connectivity index (χ0n) is 15.1. The molecule has 2 heterocycles. The van der Waals surface area contributed by atoms with Gasteiger partial charge in [-0.15, -0.1) is 11.3 Å². The molecule has 1 fully saturated rings. The molecule has 3 aromatic rings. The summed E-state index contributed by atoms with van der Waals surface area (Å²) in [4.78, 5) is 30.1. The molecule has 5 nitrogen and oxygen atoms in total. The standard InChI is InChI=1S/C21H23N3O2S/c25-18(10-12-24-14-22-20-17(21(24)26)11-13-27-20)23-19(16-8-4-5-9-16)15-6-2-1-3-7-15/h1-3,6-7,11,13-14,16,19H,4-5,8-10,12H2,(H,23,25). The monoisotopic (exact) mass is 381 g/mol. The highest BCUT2D eigenvalue weighted by Gasteiger charge is 2.27. The lowest BCUT2D eigenvalue weighted by atomic mass is 9.91. The number of thiophene rings is 1. The summed E-state index contributed by atoms with van der Waals surface area (Å²) in [5, 5.41) is 5.71. The molecule has 1 atom stereocenters. The first-order valence-corrected chi connectivity index (χ1v) is 10.4. The van der Waals surface area contributed by atoms with Crippen LogP contribution in [0.3, 0.4) is 0 Å². The number of aromatic nitrogens is 2. The Morgan fingerprint density at radius 2 is 2.00 bits per heavy atom. The lowest BCUT2D eigenvalue weighted by Gasteiger charge is -2.25. The average molecular weight is 382 g/mol. The van der Waals surface area contributed by atoms with Gasteiger partial charge in [0, 0.05) is 13.0 Å². The topological polar surface area (TPSA) is 64.0 Å². The number of fused-ring (bicyclic) bond motifs is 1. The van der Waals surface area contributed by atoms with Gasteiger partial charge in [0.05, 0.1) is 17.8 Å². The molecule has 1 aromatic carbocycles. The van der Waals surface area contributed by atoms with E-state index >= 15 is 0 Å². The molecule has 1 unspecified atom stereocenters. The molecule has 1 aliphatic carbocycles. The minimum atomic E-state index is -0.0792. The van der Waals surface area contributed by atoms with Crippen LogP contribution >= 0.6 is 11.3 Å². The fraction of sp³-hybridized carbons (Fsp3) is 0.381. The van der Waals surface area contributed by atoms with E-state index in [4.69, 9.17) is 0 Å². The van der Waals surface area contributed by atoms with Crippen LogP contribution < -0.4 is 10.9 Å². The molecule has 6 heteroatoms. The molecule has 1 N–H and O–H groups in total. The minimum absolute atomic E-state index is 0.0203. The summed E-state index contributed by atoms with van der Waals surface area (Å²) in [6.07, 6.45) is 6.57. The molecule has 4 rings (SSSR count). The normalized spacial score (nSPS) is 15.9. The van der Waals surface area contributed by atoms with Gasteiger partial charge < -0.3 is 5.32 Å². The summed E-state index contributed by atoms with van der Waals surface area (Å²) in [5.74, 6) is 0.468. The van der Waals surface area contributed by atoms with Gasteiger partial charge in [-0.1, -0.05) is 43.2 Å². The van der Waals surface area contributed by atoms with Crippen molar-refractivity contribution in [2.75, 3.05) is 0 Å². The Balaban J connectivity index is 1.44. The Bertz CT molecular complexity index is 974. The van der Waals surface area contributed by atoms with Gasteiger partial charge in [0.1, 0.15) is 4.83 Å². The van der Waals surface area contributed by atoms with Crippen LogP contribution in [0.5, 0.6) is 0 Å². The lowest BCUT2D eigenvalue weighted by Crippen LogP contribution is -2.34. The number of hydrogen-bond acceptors (Lipinski definition) is 4. The van der Waals surface area contributed by atoms with E-state index in [1.165, 1.54) is 28.7 Å². The maximum atomic E-state index is 12.6. The van der Waals surface area contributed by atoms with Gasteiger partial charge in [-0.3, -0.25) is 14.2 Å². The lowest BCUT2D eigenvalue weighted by molar-refractivity contribution is -0.122. The Labute approximate surface area is 162 Å². The summed E-state index contributed by atoms with van der Waals surface area (Å²) in [5.41, 5.74) is 1.08. The number of carbonyl (C=O) groups excluding carboxylic acids is 1. The predicted octanol–water partition coefficient (Wildman–Crippen LogP) is 3.90. The molecular formula is C21H23N3O2S. The van der Waals surface area contributed by atoms with Crippen molar-refractivity contribution >= 4 is 27.5 Å². The van der Waals surface area contributed by atoms with Crippen molar-refractivity contribution < 1.29 is 4.79 Å². The van der Waals surface area contributed by atoms with Crippen molar-refractivity contribution in [3.8, 4) is 0 Å².